The van der Waals surface area contributed by atoms with Crippen LogP contribution in [0, 0.1) is 0 Å². The molecule has 0 aromatic carbocycles. The van der Waals surface area contributed by atoms with E-state index in [1.807, 2.05) is 0 Å². The molecule has 0 amide bonds. The van der Waals surface area contributed by atoms with Crippen LogP contribution in [0.5, 0.6) is 0 Å². The second kappa shape index (κ2) is 4.62. The van der Waals surface area contributed by atoms with Crippen molar-refractivity contribution in [1.29, 1.82) is 0 Å². The Morgan fingerprint density at radius 2 is 2.41 bits per heavy atom. The van der Waals surface area contributed by atoms with Gasteiger partial charge in [0.25, 0.3) is 0 Å². The summed E-state index contributed by atoms with van der Waals surface area (Å²) in [4.78, 5) is 4.08. The fourth-order valence-electron chi connectivity index (χ4n) is 1.98. The Hall–Kier alpha value is -1.76. The lowest BCUT2D eigenvalue weighted by molar-refractivity contribution is 0.0247. The first-order valence-electron chi connectivity index (χ1n) is 5.81. The Balaban J connectivity index is 1.69. The van der Waals surface area contributed by atoms with Crippen LogP contribution >= 0.6 is 0 Å². The van der Waals surface area contributed by atoms with Crippen LogP contribution in [0.4, 0.5) is 5.82 Å². The summed E-state index contributed by atoms with van der Waals surface area (Å²) in [6.07, 6.45) is 7.12. The van der Waals surface area contributed by atoms with Gasteiger partial charge in [0.05, 0.1) is 18.5 Å². The van der Waals surface area contributed by atoms with Crippen molar-refractivity contribution >= 4 is 11.5 Å². The van der Waals surface area contributed by atoms with E-state index in [9.17, 15) is 0 Å². The molecule has 0 spiro atoms. The standard InChI is InChI=1S/C10H14N6O/c1-2-4-17-8(3-1)5-12-9-6-11-7-10-13-14-15-16(9)10/h6-8,12H,1-5H2. The summed E-state index contributed by atoms with van der Waals surface area (Å²) in [7, 11) is 0. The molecule has 1 atom stereocenters. The molecule has 17 heavy (non-hydrogen) atoms. The van der Waals surface area contributed by atoms with Crippen LogP contribution in [0.25, 0.3) is 5.65 Å². The molecule has 3 heterocycles. The third kappa shape index (κ3) is 2.19. The zero-order valence-corrected chi connectivity index (χ0v) is 9.41. The van der Waals surface area contributed by atoms with Crippen LogP contribution in [0.15, 0.2) is 12.4 Å². The number of hydrogen-bond acceptors (Lipinski definition) is 6. The number of tetrazole rings is 1. The molecule has 3 rings (SSSR count). The monoisotopic (exact) mass is 234 g/mol. The zero-order valence-electron chi connectivity index (χ0n) is 9.41. The van der Waals surface area contributed by atoms with Gasteiger partial charge in [-0.1, -0.05) is 0 Å². The van der Waals surface area contributed by atoms with Crippen LogP contribution in [0.1, 0.15) is 19.3 Å². The fourth-order valence-corrected chi connectivity index (χ4v) is 1.98. The van der Waals surface area contributed by atoms with Gasteiger partial charge in [-0.2, -0.15) is 4.52 Å². The van der Waals surface area contributed by atoms with E-state index in [-0.39, 0.29) is 6.10 Å². The molecule has 0 saturated carbocycles. The maximum absolute atomic E-state index is 5.65. The Bertz CT molecular complexity index is 492. The summed E-state index contributed by atoms with van der Waals surface area (Å²) in [5.74, 6) is 0.793. The lowest BCUT2D eigenvalue weighted by Crippen LogP contribution is -2.27. The summed E-state index contributed by atoms with van der Waals surface area (Å²) in [5, 5.41) is 14.6. The molecule has 90 valence electrons. The van der Waals surface area contributed by atoms with Gasteiger partial charge in [0, 0.05) is 13.2 Å². The average molecular weight is 234 g/mol. The smallest absolute Gasteiger partial charge is 0.199 e. The summed E-state index contributed by atoms with van der Waals surface area (Å²) in [6, 6.07) is 0. The van der Waals surface area contributed by atoms with E-state index in [1.54, 1.807) is 16.9 Å². The SMILES string of the molecule is c1ncc2nnnn2c1NCC1CCCCO1. The second-order valence-electron chi connectivity index (χ2n) is 4.11. The molecule has 1 aliphatic rings. The van der Waals surface area contributed by atoms with Crippen LogP contribution in [0.2, 0.25) is 0 Å². The molecule has 2 aromatic rings. The van der Waals surface area contributed by atoms with Crippen LogP contribution in [0.3, 0.4) is 0 Å². The van der Waals surface area contributed by atoms with Gasteiger partial charge < -0.3 is 10.1 Å². The number of ether oxygens (including phenoxy) is 1. The van der Waals surface area contributed by atoms with E-state index >= 15 is 0 Å². The lowest BCUT2D eigenvalue weighted by atomic mass is 10.1. The number of hydrogen-bond donors (Lipinski definition) is 1. The number of nitrogens with one attached hydrogen (secondary N) is 1. The Labute approximate surface area is 98.2 Å². The third-order valence-electron chi connectivity index (χ3n) is 2.89. The fraction of sp³-hybridized carbons (Fsp3) is 0.600. The van der Waals surface area contributed by atoms with E-state index in [0.29, 0.717) is 5.65 Å². The lowest BCUT2D eigenvalue weighted by Gasteiger charge is -2.23. The minimum atomic E-state index is 0.274. The van der Waals surface area contributed by atoms with Crippen molar-refractivity contribution in [2.24, 2.45) is 0 Å². The molecule has 0 radical (unpaired) electrons. The normalized spacial score (nSPS) is 20.6. The first-order valence-corrected chi connectivity index (χ1v) is 5.81. The summed E-state index contributed by atoms with van der Waals surface area (Å²) in [5.41, 5.74) is 0.638. The van der Waals surface area contributed by atoms with Gasteiger partial charge in [-0.25, -0.2) is 0 Å². The molecule has 1 saturated heterocycles. The third-order valence-corrected chi connectivity index (χ3v) is 2.89. The van der Waals surface area contributed by atoms with Gasteiger partial charge in [-0.3, -0.25) is 4.98 Å². The van der Waals surface area contributed by atoms with Crippen LogP contribution in [-0.2, 0) is 4.74 Å². The molecule has 0 bridgehead atoms. The quantitative estimate of drug-likeness (QED) is 0.833. The highest BCUT2D eigenvalue weighted by molar-refractivity contribution is 5.43. The van der Waals surface area contributed by atoms with Crippen LogP contribution in [-0.4, -0.2) is 44.3 Å². The van der Waals surface area contributed by atoms with E-state index < -0.39 is 0 Å². The van der Waals surface area contributed by atoms with Gasteiger partial charge in [0.1, 0.15) is 0 Å². The highest BCUT2D eigenvalue weighted by atomic mass is 16.5. The van der Waals surface area contributed by atoms with Gasteiger partial charge in [0.2, 0.25) is 0 Å². The van der Waals surface area contributed by atoms with Crippen molar-refractivity contribution in [2.75, 3.05) is 18.5 Å². The molecular weight excluding hydrogens is 220 g/mol. The number of anilines is 1. The summed E-state index contributed by atoms with van der Waals surface area (Å²) in [6.45, 7) is 1.63. The van der Waals surface area contributed by atoms with Crippen LogP contribution < -0.4 is 5.32 Å². The van der Waals surface area contributed by atoms with Gasteiger partial charge in [-0.05, 0) is 29.7 Å². The van der Waals surface area contributed by atoms with Crippen molar-refractivity contribution in [3.63, 3.8) is 0 Å². The van der Waals surface area contributed by atoms with Gasteiger partial charge in [-0.15, -0.1) is 5.10 Å². The van der Waals surface area contributed by atoms with Crippen molar-refractivity contribution in [3.05, 3.63) is 12.4 Å². The molecule has 1 N–H and O–H groups in total. The topological polar surface area (TPSA) is 77.2 Å². The first-order chi connectivity index (χ1) is 8.43. The minimum Gasteiger partial charge on any atom is -0.376 e. The maximum Gasteiger partial charge on any atom is 0.199 e. The van der Waals surface area contributed by atoms with Crippen molar-refractivity contribution in [1.82, 2.24) is 25.0 Å². The predicted octanol–water partition coefficient (Wildman–Crippen LogP) is 0.500. The van der Waals surface area contributed by atoms with Crippen molar-refractivity contribution in [3.8, 4) is 0 Å². The van der Waals surface area contributed by atoms with E-state index in [1.165, 1.54) is 12.8 Å². The highest BCUT2D eigenvalue weighted by Crippen LogP contribution is 2.13. The molecular formula is C10H14N6O. The summed E-state index contributed by atoms with van der Waals surface area (Å²) < 4.78 is 7.28. The zero-order chi connectivity index (χ0) is 11.5. The average Bonchev–Trinajstić information content (AvgIpc) is 2.86. The van der Waals surface area contributed by atoms with E-state index in [2.05, 4.69) is 25.8 Å². The van der Waals surface area contributed by atoms with Crippen molar-refractivity contribution in [2.45, 2.75) is 25.4 Å². The molecule has 7 nitrogen and oxygen atoms in total. The van der Waals surface area contributed by atoms with Crippen molar-refractivity contribution < 1.29 is 4.74 Å². The molecule has 1 fully saturated rings. The largest absolute Gasteiger partial charge is 0.376 e. The van der Waals surface area contributed by atoms with E-state index in [4.69, 9.17) is 4.74 Å². The highest BCUT2D eigenvalue weighted by Gasteiger charge is 2.14. The molecule has 0 aliphatic carbocycles. The number of nitrogens with zero attached hydrogens (tertiary/aromatic N) is 5. The molecule has 7 heteroatoms. The van der Waals surface area contributed by atoms with Gasteiger partial charge in [0.15, 0.2) is 11.5 Å². The minimum absolute atomic E-state index is 0.274. The molecule has 2 aromatic heterocycles. The maximum atomic E-state index is 5.65. The van der Waals surface area contributed by atoms with Gasteiger partial charge >= 0.3 is 0 Å². The predicted molar refractivity (Wildman–Crippen MR) is 60.7 cm³/mol. The first kappa shape index (κ1) is 10.4. The Kier molecular flexibility index (Phi) is 2.83. The van der Waals surface area contributed by atoms with E-state index in [0.717, 1.165) is 25.4 Å². The Morgan fingerprint density at radius 3 is 3.29 bits per heavy atom. The summed E-state index contributed by atoms with van der Waals surface area (Å²) >= 11 is 0. The number of fused-ring (bicyclic) bond motifs is 1. The molecule has 1 aliphatic heterocycles. The Morgan fingerprint density at radius 1 is 1.41 bits per heavy atom. The number of aromatic nitrogens is 5. The second-order valence-corrected chi connectivity index (χ2v) is 4.11. The number of rotatable bonds is 3. The molecule has 1 unspecified atom stereocenters.